The molecule has 0 aliphatic heterocycles. The molecule has 2 aromatic carbocycles. The van der Waals surface area contributed by atoms with Gasteiger partial charge in [-0.3, -0.25) is 9.59 Å². The number of hydrogen-bond acceptors (Lipinski definition) is 7. The largest absolute Gasteiger partial charge is 0.508 e. The Hall–Kier alpha value is -3.39. The summed E-state index contributed by atoms with van der Waals surface area (Å²) in [6.07, 6.45) is 0.958. The van der Waals surface area contributed by atoms with Gasteiger partial charge in [-0.25, -0.2) is 4.79 Å². The monoisotopic (exact) mass is 442 g/mol. The fourth-order valence-electron chi connectivity index (χ4n) is 3.29. The molecule has 172 valence electrons. The van der Waals surface area contributed by atoms with Crippen LogP contribution >= 0.6 is 0 Å². The molecule has 0 saturated carbocycles. The molecule has 0 amide bonds. The van der Waals surface area contributed by atoms with E-state index in [4.69, 9.17) is 4.74 Å². The summed E-state index contributed by atoms with van der Waals surface area (Å²) < 4.78 is 4.71. The van der Waals surface area contributed by atoms with Crippen molar-refractivity contribution >= 4 is 23.4 Å². The summed E-state index contributed by atoms with van der Waals surface area (Å²) in [6, 6.07) is 10.5. The normalized spacial score (nSPS) is 12.6. The molecule has 0 fully saturated rings. The second-order valence-electron chi connectivity index (χ2n) is 7.63. The topological polar surface area (TPSA) is 125 Å². The molecule has 2 rings (SSSR count). The highest BCUT2D eigenvalue weighted by molar-refractivity contribution is 6.06. The first-order valence-electron chi connectivity index (χ1n) is 10.4. The maximum absolute atomic E-state index is 13.2. The van der Waals surface area contributed by atoms with Gasteiger partial charge in [0.2, 0.25) is 0 Å². The van der Waals surface area contributed by atoms with Crippen molar-refractivity contribution in [2.45, 2.75) is 45.2 Å². The number of anilines is 1. The number of nitrogens with one attached hydrogen (secondary N) is 2. The lowest BCUT2D eigenvalue weighted by molar-refractivity contribution is -0.141. The molecular weight excluding hydrogens is 412 g/mol. The van der Waals surface area contributed by atoms with Gasteiger partial charge < -0.3 is 25.6 Å². The number of esters is 1. The molecule has 0 aromatic heterocycles. The Kier molecular flexibility index (Phi) is 9.22. The van der Waals surface area contributed by atoms with E-state index in [2.05, 4.69) is 10.6 Å². The van der Waals surface area contributed by atoms with Gasteiger partial charge in [0.1, 0.15) is 11.8 Å². The zero-order valence-corrected chi connectivity index (χ0v) is 18.6. The quantitative estimate of drug-likeness (QED) is 0.225. The molecule has 32 heavy (non-hydrogen) atoms. The number of carbonyl (C=O) groups excluding carboxylic acids is 2. The maximum Gasteiger partial charge on any atom is 0.327 e. The van der Waals surface area contributed by atoms with E-state index < -0.39 is 24.0 Å². The van der Waals surface area contributed by atoms with E-state index in [1.54, 1.807) is 37.3 Å². The summed E-state index contributed by atoms with van der Waals surface area (Å²) in [5.74, 6) is -1.71. The number of phenols is 1. The lowest BCUT2D eigenvalue weighted by Gasteiger charge is -2.20. The van der Waals surface area contributed by atoms with Crippen LogP contribution in [0, 0.1) is 6.92 Å². The van der Waals surface area contributed by atoms with Crippen LogP contribution < -0.4 is 10.6 Å². The Bertz CT molecular complexity index is 959. The third kappa shape index (κ3) is 7.09. The number of para-hydroxylation sites is 1. The van der Waals surface area contributed by atoms with E-state index in [1.165, 1.54) is 7.11 Å². The van der Waals surface area contributed by atoms with Crippen molar-refractivity contribution in [2.24, 2.45) is 0 Å². The number of rotatable bonds is 12. The third-order valence-electron chi connectivity index (χ3n) is 5.12. The first-order chi connectivity index (χ1) is 15.2. The van der Waals surface area contributed by atoms with E-state index in [0.717, 1.165) is 11.1 Å². The van der Waals surface area contributed by atoms with Gasteiger partial charge in [0.05, 0.1) is 19.6 Å². The summed E-state index contributed by atoms with van der Waals surface area (Å²) in [5, 5.41) is 25.1. The molecule has 8 nitrogen and oxygen atoms in total. The lowest BCUT2D eigenvalue weighted by atomic mass is 9.99. The molecule has 0 bridgehead atoms. The third-order valence-corrected chi connectivity index (χ3v) is 5.12. The van der Waals surface area contributed by atoms with Crippen LogP contribution in [0.1, 0.15) is 41.3 Å². The van der Waals surface area contributed by atoms with E-state index in [1.807, 2.05) is 19.1 Å². The molecule has 8 heteroatoms. The predicted molar refractivity (Wildman–Crippen MR) is 121 cm³/mol. The number of carboxylic acid groups (broad SMARTS) is 1. The highest BCUT2D eigenvalue weighted by Crippen LogP contribution is 2.20. The molecule has 0 radical (unpaired) electrons. The minimum Gasteiger partial charge on any atom is -0.508 e. The predicted octanol–water partition coefficient (Wildman–Crippen LogP) is 2.92. The molecular formula is C24H30N2O6. The maximum atomic E-state index is 13.2. The van der Waals surface area contributed by atoms with Crippen LogP contribution in [0.15, 0.2) is 42.5 Å². The molecule has 0 spiro atoms. The van der Waals surface area contributed by atoms with Crippen LogP contribution in [0.4, 0.5) is 5.69 Å². The number of aliphatic carboxylic acids is 1. The van der Waals surface area contributed by atoms with Gasteiger partial charge in [0.25, 0.3) is 0 Å². The summed E-state index contributed by atoms with van der Waals surface area (Å²) in [7, 11) is 1.28. The number of ketones is 1. The first kappa shape index (κ1) is 24.9. The van der Waals surface area contributed by atoms with Crippen LogP contribution in [0.3, 0.4) is 0 Å². The van der Waals surface area contributed by atoms with Gasteiger partial charge in [-0.1, -0.05) is 24.3 Å². The van der Waals surface area contributed by atoms with E-state index in [0.29, 0.717) is 30.6 Å². The molecule has 2 atom stereocenters. The van der Waals surface area contributed by atoms with Gasteiger partial charge in [0.15, 0.2) is 5.78 Å². The number of aryl methyl sites for hydroxylation is 2. The van der Waals surface area contributed by atoms with Crippen molar-refractivity contribution in [1.29, 1.82) is 0 Å². The summed E-state index contributed by atoms with van der Waals surface area (Å²) in [4.78, 5) is 36.2. The van der Waals surface area contributed by atoms with Gasteiger partial charge >= 0.3 is 11.9 Å². The van der Waals surface area contributed by atoms with Crippen molar-refractivity contribution in [2.75, 3.05) is 19.0 Å². The number of benzene rings is 2. The Morgan fingerprint density at radius 3 is 2.50 bits per heavy atom. The van der Waals surface area contributed by atoms with Crippen molar-refractivity contribution in [1.82, 2.24) is 5.32 Å². The Labute approximate surface area is 187 Å². The average Bonchev–Trinajstić information content (AvgIpc) is 2.77. The SMILES string of the molecule is COC(=O)C(C)Nc1ccccc1C(=O)[C@H](CC(=O)O)NCCCc1ccc(C)c(O)c1. The van der Waals surface area contributed by atoms with Crippen molar-refractivity contribution < 1.29 is 29.3 Å². The number of hydrogen-bond donors (Lipinski definition) is 4. The molecule has 0 aliphatic carbocycles. The lowest BCUT2D eigenvalue weighted by Crippen LogP contribution is -2.40. The Morgan fingerprint density at radius 1 is 1.12 bits per heavy atom. The van der Waals surface area contributed by atoms with E-state index >= 15 is 0 Å². The van der Waals surface area contributed by atoms with Crippen molar-refractivity contribution in [3.8, 4) is 5.75 Å². The van der Waals surface area contributed by atoms with Gasteiger partial charge in [0, 0.05) is 11.3 Å². The van der Waals surface area contributed by atoms with Crippen LogP contribution in [0.2, 0.25) is 0 Å². The summed E-state index contributed by atoms with van der Waals surface area (Å²) in [5.41, 5.74) is 2.49. The number of phenolic OH excluding ortho intramolecular Hbond substituents is 1. The zero-order valence-electron chi connectivity index (χ0n) is 18.6. The molecule has 4 N–H and O–H groups in total. The zero-order chi connectivity index (χ0) is 23.7. The number of methoxy groups -OCH3 is 1. The van der Waals surface area contributed by atoms with Crippen LogP contribution in [0.5, 0.6) is 5.75 Å². The smallest absolute Gasteiger partial charge is 0.327 e. The average molecular weight is 443 g/mol. The van der Waals surface area contributed by atoms with E-state index in [9.17, 15) is 24.6 Å². The second kappa shape index (κ2) is 11.9. The van der Waals surface area contributed by atoms with E-state index in [-0.39, 0.29) is 18.0 Å². The highest BCUT2D eigenvalue weighted by atomic mass is 16.5. The molecule has 0 heterocycles. The van der Waals surface area contributed by atoms with Crippen LogP contribution in [-0.2, 0) is 20.7 Å². The fourth-order valence-corrected chi connectivity index (χ4v) is 3.29. The minimum absolute atomic E-state index is 0.236. The Balaban J connectivity index is 2.07. The molecule has 1 unspecified atom stereocenters. The fraction of sp³-hybridized carbons (Fsp3) is 0.375. The summed E-state index contributed by atoms with van der Waals surface area (Å²) in [6.45, 7) is 3.86. The second-order valence-corrected chi connectivity index (χ2v) is 7.63. The molecule has 0 saturated heterocycles. The van der Waals surface area contributed by atoms with Gasteiger partial charge in [-0.05, 0) is 62.6 Å². The standard InChI is InChI=1S/C24H30N2O6/c1-15-10-11-17(13-21(15)27)7-6-12-25-20(14-22(28)29)23(30)18-8-4-5-9-19(18)26-16(2)24(31)32-3/h4-5,8-11,13,16,20,25-27H,6-7,12,14H2,1-3H3,(H,28,29)/t16?,20-/m0/s1. The van der Waals surface area contributed by atoms with Crippen molar-refractivity contribution in [3.05, 3.63) is 59.2 Å². The molecule has 0 aliphatic rings. The summed E-state index contributed by atoms with van der Waals surface area (Å²) >= 11 is 0. The van der Waals surface area contributed by atoms with Gasteiger partial charge in [-0.2, -0.15) is 0 Å². The van der Waals surface area contributed by atoms with Crippen molar-refractivity contribution in [3.63, 3.8) is 0 Å². The first-order valence-corrected chi connectivity index (χ1v) is 10.4. The highest BCUT2D eigenvalue weighted by Gasteiger charge is 2.25. The van der Waals surface area contributed by atoms with Gasteiger partial charge in [-0.15, -0.1) is 0 Å². The number of ether oxygens (including phenoxy) is 1. The van der Waals surface area contributed by atoms with Crippen LogP contribution in [-0.4, -0.2) is 53.7 Å². The number of carbonyl (C=O) groups is 3. The molecule has 2 aromatic rings. The minimum atomic E-state index is -1.09. The number of Topliss-reactive ketones (excluding diaryl/α,β-unsaturated/α-hetero) is 1. The van der Waals surface area contributed by atoms with Crippen LogP contribution in [0.25, 0.3) is 0 Å². The number of aromatic hydroxyl groups is 1. The number of carboxylic acids is 1. The Morgan fingerprint density at radius 2 is 1.84 bits per heavy atom.